The zero-order valence-corrected chi connectivity index (χ0v) is 16.3. The molecule has 3 nitrogen and oxygen atoms in total. The van der Waals surface area contributed by atoms with Crippen molar-refractivity contribution < 1.29 is 4.74 Å². The number of nitrogens with zero attached hydrogens (tertiary/aromatic N) is 1. The highest BCUT2D eigenvalue weighted by molar-refractivity contribution is 7.80. The van der Waals surface area contributed by atoms with Crippen molar-refractivity contribution in [2.75, 3.05) is 39.3 Å². The molecule has 0 radical (unpaired) electrons. The van der Waals surface area contributed by atoms with Crippen LogP contribution in [-0.2, 0) is 0 Å². The van der Waals surface area contributed by atoms with E-state index in [1.54, 1.807) is 20.7 Å². The molecule has 1 aliphatic rings. The maximum Gasteiger partial charge on any atom is 0.119 e. The van der Waals surface area contributed by atoms with Crippen molar-refractivity contribution >= 4 is 32.9 Å². The van der Waals surface area contributed by atoms with E-state index >= 15 is 0 Å². The van der Waals surface area contributed by atoms with Gasteiger partial charge < -0.3 is 15.0 Å². The van der Waals surface area contributed by atoms with Gasteiger partial charge in [0.15, 0.2) is 0 Å². The molecule has 0 unspecified atom stereocenters. The van der Waals surface area contributed by atoms with Crippen molar-refractivity contribution in [3.63, 3.8) is 0 Å². The number of unbranched alkanes of at least 4 members (excludes halogenated alkanes) is 2. The molecule has 2 aromatic rings. The topological polar surface area (TPSA) is 24.5 Å². The number of nitrogens with one attached hydrogen (secondary N) is 1. The fourth-order valence-electron chi connectivity index (χ4n) is 2.83. The second-order valence-corrected chi connectivity index (χ2v) is 8.93. The Morgan fingerprint density at radius 3 is 2.54 bits per heavy atom. The van der Waals surface area contributed by atoms with E-state index in [9.17, 15) is 0 Å². The Morgan fingerprint density at radius 2 is 1.83 bits per heavy atom. The molecule has 3 rings (SSSR count). The van der Waals surface area contributed by atoms with Gasteiger partial charge in [0.2, 0.25) is 0 Å². The van der Waals surface area contributed by atoms with Crippen molar-refractivity contribution in [1.29, 1.82) is 0 Å². The minimum absolute atomic E-state index is 0.804. The van der Waals surface area contributed by atoms with Gasteiger partial charge >= 0.3 is 0 Å². The van der Waals surface area contributed by atoms with Crippen LogP contribution in [0.4, 0.5) is 0 Å². The Bertz CT molecular complexity index is 659. The molecule has 0 saturated carbocycles. The van der Waals surface area contributed by atoms with Crippen LogP contribution in [0.25, 0.3) is 10.4 Å². The third kappa shape index (κ3) is 5.63. The number of piperazine rings is 1. The van der Waals surface area contributed by atoms with Crippen LogP contribution in [0.15, 0.2) is 30.3 Å². The molecule has 2 heterocycles. The lowest BCUT2D eigenvalue weighted by Crippen LogP contribution is -2.43. The molecule has 1 fully saturated rings. The van der Waals surface area contributed by atoms with Crippen LogP contribution in [0.3, 0.4) is 0 Å². The summed E-state index contributed by atoms with van der Waals surface area (Å²) in [6.07, 6.45) is 3.63. The molecule has 0 aliphatic carbocycles. The maximum absolute atomic E-state index is 5.86. The van der Waals surface area contributed by atoms with Crippen LogP contribution in [0.5, 0.6) is 5.75 Å². The van der Waals surface area contributed by atoms with Crippen molar-refractivity contribution in [1.82, 2.24) is 10.2 Å². The zero-order valence-electron chi connectivity index (χ0n) is 13.8. The lowest BCUT2D eigenvalue weighted by atomic mass is 10.2. The first-order valence-electron chi connectivity index (χ1n) is 8.58. The Balaban J connectivity index is 1.32. The average molecular weight is 381 g/mol. The molecular weight excluding hydrogens is 356 g/mol. The number of benzene rings is 1. The van der Waals surface area contributed by atoms with E-state index < -0.39 is 0 Å². The summed E-state index contributed by atoms with van der Waals surface area (Å²) in [5.74, 6) is 0.958. The van der Waals surface area contributed by atoms with Crippen molar-refractivity contribution in [2.24, 2.45) is 0 Å². The first kappa shape index (κ1) is 18.0. The van der Waals surface area contributed by atoms with E-state index in [0.717, 1.165) is 35.7 Å². The van der Waals surface area contributed by atoms with Crippen molar-refractivity contribution in [3.8, 4) is 16.2 Å². The Morgan fingerprint density at radius 1 is 1.04 bits per heavy atom. The third-order valence-corrected chi connectivity index (χ3v) is 7.11. The summed E-state index contributed by atoms with van der Waals surface area (Å²) in [6, 6.07) is 10.4. The second-order valence-electron chi connectivity index (χ2n) is 6.02. The number of hydrogen-bond acceptors (Lipinski definition) is 6. The highest BCUT2D eigenvalue weighted by Gasteiger charge is 2.08. The van der Waals surface area contributed by atoms with Crippen LogP contribution in [0.2, 0.25) is 0 Å². The van der Waals surface area contributed by atoms with E-state index in [4.69, 9.17) is 17.0 Å². The van der Waals surface area contributed by atoms with Gasteiger partial charge in [-0.25, -0.2) is 0 Å². The van der Waals surface area contributed by atoms with Crippen LogP contribution in [0, 0.1) is 3.82 Å². The van der Waals surface area contributed by atoms with Gasteiger partial charge in [0.05, 0.1) is 6.61 Å². The standard InChI is InChI=1S/C18H24N2OS3/c22-18-14-17(23-24-18)15-4-6-16(7-5-15)21-13-3-1-2-10-20-11-8-19-9-12-20/h4-7,14,19H,1-3,8-13H2. The largest absolute Gasteiger partial charge is 0.494 e. The fourth-order valence-corrected chi connectivity index (χ4v) is 5.23. The second kappa shape index (κ2) is 9.63. The average Bonchev–Trinajstić information content (AvgIpc) is 3.06. The minimum Gasteiger partial charge on any atom is -0.494 e. The van der Waals surface area contributed by atoms with Gasteiger partial charge in [-0.3, -0.25) is 0 Å². The van der Waals surface area contributed by atoms with Crippen molar-refractivity contribution in [3.05, 3.63) is 34.2 Å². The van der Waals surface area contributed by atoms with Gasteiger partial charge in [-0.1, -0.05) is 32.9 Å². The third-order valence-electron chi connectivity index (χ3n) is 4.20. The van der Waals surface area contributed by atoms with Crippen molar-refractivity contribution in [2.45, 2.75) is 19.3 Å². The smallest absolute Gasteiger partial charge is 0.119 e. The van der Waals surface area contributed by atoms with Gasteiger partial charge in [-0.05, 0) is 61.7 Å². The highest BCUT2D eigenvalue weighted by atomic mass is 32.9. The lowest BCUT2D eigenvalue weighted by Gasteiger charge is -2.26. The monoisotopic (exact) mass is 380 g/mol. The normalized spacial score (nSPS) is 15.5. The maximum atomic E-state index is 5.86. The molecule has 1 N–H and O–H groups in total. The van der Waals surface area contributed by atoms with E-state index in [1.165, 1.54) is 42.9 Å². The Hall–Kier alpha value is -0.790. The molecule has 0 bridgehead atoms. The molecule has 1 aliphatic heterocycles. The summed E-state index contributed by atoms with van der Waals surface area (Å²) in [5.41, 5.74) is 1.22. The van der Waals surface area contributed by atoms with E-state index in [0.29, 0.717) is 0 Å². The molecule has 1 aromatic carbocycles. The van der Waals surface area contributed by atoms with Gasteiger partial charge in [0, 0.05) is 31.1 Å². The van der Waals surface area contributed by atoms with Crippen LogP contribution < -0.4 is 10.1 Å². The summed E-state index contributed by atoms with van der Waals surface area (Å²) >= 11 is 5.19. The summed E-state index contributed by atoms with van der Waals surface area (Å²) in [5, 5.41) is 3.39. The first-order chi connectivity index (χ1) is 11.8. The van der Waals surface area contributed by atoms with Crippen LogP contribution >= 0.6 is 32.9 Å². The zero-order chi connectivity index (χ0) is 16.6. The molecule has 1 aromatic heterocycles. The quantitative estimate of drug-likeness (QED) is 0.409. The molecule has 130 valence electrons. The number of ether oxygens (including phenoxy) is 1. The van der Waals surface area contributed by atoms with Crippen LogP contribution in [0.1, 0.15) is 19.3 Å². The predicted molar refractivity (Wildman–Crippen MR) is 107 cm³/mol. The summed E-state index contributed by atoms with van der Waals surface area (Å²) in [7, 11) is 3.39. The number of rotatable bonds is 8. The molecule has 0 spiro atoms. The summed E-state index contributed by atoms with van der Waals surface area (Å²) in [4.78, 5) is 3.79. The van der Waals surface area contributed by atoms with Gasteiger partial charge in [0.1, 0.15) is 9.57 Å². The lowest BCUT2D eigenvalue weighted by molar-refractivity contribution is 0.232. The summed E-state index contributed by atoms with van der Waals surface area (Å²) < 4.78 is 6.81. The first-order valence-corrected chi connectivity index (χ1v) is 11.1. The molecular formula is C18H24N2OS3. The van der Waals surface area contributed by atoms with E-state index in [1.807, 2.05) is 0 Å². The SMILES string of the molecule is S=c1cc(-c2ccc(OCCCCCN3CCNCC3)cc2)ss1. The predicted octanol–water partition coefficient (Wildman–Crippen LogP) is 4.66. The Labute approximate surface area is 156 Å². The van der Waals surface area contributed by atoms with E-state index in [-0.39, 0.29) is 0 Å². The molecule has 1 saturated heterocycles. The fraction of sp³-hybridized carbons (Fsp3) is 0.500. The summed E-state index contributed by atoms with van der Waals surface area (Å²) in [6.45, 7) is 6.70. The molecule has 6 heteroatoms. The highest BCUT2D eigenvalue weighted by Crippen LogP contribution is 2.30. The van der Waals surface area contributed by atoms with E-state index in [2.05, 4.69) is 40.5 Å². The molecule has 24 heavy (non-hydrogen) atoms. The van der Waals surface area contributed by atoms with Gasteiger partial charge in [-0.15, -0.1) is 0 Å². The van der Waals surface area contributed by atoms with Gasteiger partial charge in [0.25, 0.3) is 0 Å². The molecule has 0 amide bonds. The van der Waals surface area contributed by atoms with Crippen LogP contribution in [-0.4, -0.2) is 44.2 Å². The van der Waals surface area contributed by atoms with Gasteiger partial charge in [-0.2, -0.15) is 0 Å². The number of hydrogen-bond donors (Lipinski definition) is 1. The minimum atomic E-state index is 0.804. The Kier molecular flexibility index (Phi) is 7.23. The molecule has 0 atom stereocenters.